The van der Waals surface area contributed by atoms with E-state index in [1.54, 1.807) is 0 Å². The van der Waals surface area contributed by atoms with Gasteiger partial charge in [-0.1, -0.05) is 239 Å². The summed E-state index contributed by atoms with van der Waals surface area (Å²) >= 11 is 1.87. The molecule has 0 N–H and O–H groups in total. The van der Waals surface area contributed by atoms with Gasteiger partial charge in [-0.3, -0.25) is 0 Å². The lowest BCUT2D eigenvalue weighted by Gasteiger charge is -2.27. The third-order valence-electron chi connectivity index (χ3n) is 19.0. The van der Waals surface area contributed by atoms with Crippen molar-refractivity contribution in [3.8, 4) is 73.8 Å². The third kappa shape index (κ3) is 12.8. The molecule has 0 aliphatic rings. The van der Waals surface area contributed by atoms with E-state index in [1.165, 1.54) is 75.5 Å². The second-order valence-corrected chi connectivity index (χ2v) is 36.0. The van der Waals surface area contributed by atoms with Crippen LogP contribution in [0.25, 0.3) is 116 Å². The highest BCUT2D eigenvalue weighted by Gasteiger charge is 2.30. The molecular formula is C87H98N6S. The Labute approximate surface area is 564 Å². The molecule has 482 valence electrons. The Morgan fingerprint density at radius 2 is 0.638 bits per heavy atom. The lowest BCUT2D eigenvalue weighted by Crippen LogP contribution is -2.17. The summed E-state index contributed by atoms with van der Waals surface area (Å²) in [4.78, 5) is 28.8. The van der Waals surface area contributed by atoms with Gasteiger partial charge in [0.15, 0.2) is 23.3 Å². The van der Waals surface area contributed by atoms with Gasteiger partial charge in [-0.25, -0.2) is 24.9 Å². The van der Waals surface area contributed by atoms with Crippen molar-refractivity contribution >= 4 is 53.3 Å². The number of aromatic nitrogens is 6. The molecule has 0 atom stereocenters. The van der Waals surface area contributed by atoms with Gasteiger partial charge in [0, 0.05) is 64.3 Å². The third-order valence-corrected chi connectivity index (χ3v) is 20.3. The summed E-state index contributed by atoms with van der Waals surface area (Å²) in [5, 5.41) is 4.95. The minimum absolute atomic E-state index is 0.120. The molecular weight excluding hydrogens is 1160 g/mol. The molecule has 0 bridgehead atoms. The van der Waals surface area contributed by atoms with Gasteiger partial charge in [-0.15, -0.1) is 11.3 Å². The summed E-state index contributed by atoms with van der Waals surface area (Å²) in [6.07, 6.45) is 0. The van der Waals surface area contributed by atoms with Crippen LogP contribution >= 0.6 is 11.3 Å². The van der Waals surface area contributed by atoms with Crippen molar-refractivity contribution in [1.29, 1.82) is 0 Å². The van der Waals surface area contributed by atoms with E-state index in [0.717, 1.165) is 61.5 Å². The molecule has 12 rings (SSSR count). The van der Waals surface area contributed by atoms with E-state index in [2.05, 4.69) is 328 Å². The monoisotopic (exact) mass is 1260 g/mol. The molecule has 7 heteroatoms. The first kappa shape index (κ1) is 65.9. The number of rotatable bonds is 7. The SMILES string of the molecule is CC(C)(C)c1cc(-c2cc(-c3ccc(-n4c5ccccc5c5c6sc7ccccc7c6ccc54)c(-c4nc(-c5cc(C(C)(C)C)cc(C(C)(C)C)c5)nc(-c5cc(C(C)(C)C)cc(C(C)(C)C)c5)n4)c3)nc(-c3cc(C(C)(C)C)cc(C(C)(C)C)c3)n2)cc(C(C)(C)C)c1. The predicted molar refractivity (Wildman–Crippen MR) is 405 cm³/mol. The molecule has 0 aliphatic heterocycles. The largest absolute Gasteiger partial charge is 0.308 e. The molecule has 94 heavy (non-hydrogen) atoms. The number of benzene rings is 8. The molecule has 0 aliphatic carbocycles. The van der Waals surface area contributed by atoms with Gasteiger partial charge in [-0.05, 0) is 173 Å². The van der Waals surface area contributed by atoms with E-state index in [0.29, 0.717) is 23.3 Å². The Balaban J connectivity index is 1.23. The van der Waals surface area contributed by atoms with E-state index < -0.39 is 0 Å². The van der Waals surface area contributed by atoms with E-state index in [9.17, 15) is 0 Å². The molecule has 0 radical (unpaired) electrons. The predicted octanol–water partition coefficient (Wildman–Crippen LogP) is 24.5. The minimum Gasteiger partial charge on any atom is -0.308 e. The second-order valence-electron chi connectivity index (χ2n) is 35.0. The van der Waals surface area contributed by atoms with Gasteiger partial charge < -0.3 is 4.57 Å². The molecule has 0 saturated heterocycles. The van der Waals surface area contributed by atoms with Crippen molar-refractivity contribution in [3.05, 3.63) is 202 Å². The van der Waals surface area contributed by atoms with Gasteiger partial charge >= 0.3 is 0 Å². The molecule has 0 amide bonds. The average Bonchev–Trinajstić information content (AvgIpc) is 1.52. The molecule has 0 spiro atoms. The maximum atomic E-state index is 5.83. The highest BCUT2D eigenvalue weighted by Crippen LogP contribution is 2.47. The summed E-state index contributed by atoms with van der Waals surface area (Å²) in [5.41, 5.74) is 19.3. The van der Waals surface area contributed by atoms with Gasteiger partial charge in [0.1, 0.15) is 0 Å². The summed E-state index contributed by atoms with van der Waals surface area (Å²) in [7, 11) is 0. The summed E-state index contributed by atoms with van der Waals surface area (Å²) in [6, 6.07) is 59.6. The van der Waals surface area contributed by atoms with Crippen LogP contribution < -0.4 is 0 Å². The maximum Gasteiger partial charge on any atom is 0.166 e. The minimum atomic E-state index is -0.158. The number of para-hydroxylation sites is 1. The van der Waals surface area contributed by atoms with Crippen LogP contribution in [0.15, 0.2) is 158 Å². The first-order valence-corrected chi connectivity index (χ1v) is 34.7. The number of hydrogen-bond acceptors (Lipinski definition) is 6. The first-order chi connectivity index (χ1) is 43.6. The van der Waals surface area contributed by atoms with Crippen LogP contribution in [0.3, 0.4) is 0 Å². The zero-order chi connectivity index (χ0) is 67.9. The van der Waals surface area contributed by atoms with Crippen LogP contribution in [0.4, 0.5) is 0 Å². The fourth-order valence-corrected chi connectivity index (χ4v) is 14.0. The van der Waals surface area contributed by atoms with Crippen LogP contribution in [0.5, 0.6) is 0 Å². The first-order valence-electron chi connectivity index (χ1n) is 33.9. The topological polar surface area (TPSA) is 69.4 Å². The van der Waals surface area contributed by atoms with Gasteiger partial charge in [0.25, 0.3) is 0 Å². The Hall–Kier alpha value is -8.13. The Morgan fingerprint density at radius 3 is 1.06 bits per heavy atom. The summed E-state index contributed by atoms with van der Waals surface area (Å²) < 4.78 is 5.01. The van der Waals surface area contributed by atoms with E-state index in [1.807, 2.05) is 11.3 Å². The summed E-state index contributed by atoms with van der Waals surface area (Å²) in [6.45, 7) is 55.2. The van der Waals surface area contributed by atoms with E-state index in [-0.39, 0.29) is 43.3 Å². The Morgan fingerprint density at radius 1 is 0.277 bits per heavy atom. The second kappa shape index (κ2) is 22.8. The van der Waals surface area contributed by atoms with Crippen LogP contribution in [-0.2, 0) is 43.3 Å². The Bertz CT molecular complexity index is 4650. The van der Waals surface area contributed by atoms with E-state index in [4.69, 9.17) is 24.9 Å². The van der Waals surface area contributed by atoms with Crippen LogP contribution in [-0.4, -0.2) is 29.5 Å². The summed E-state index contributed by atoms with van der Waals surface area (Å²) in [5.74, 6) is 2.48. The van der Waals surface area contributed by atoms with Gasteiger partial charge in [-0.2, -0.15) is 0 Å². The van der Waals surface area contributed by atoms with Gasteiger partial charge in [0.2, 0.25) is 0 Å². The fourth-order valence-electron chi connectivity index (χ4n) is 12.7. The standard InChI is InChI=1S/C87H98N6S/c1-80(2,3)56-37-52(38-57(46-56)81(4,5)6)69-50-68(88-76(89-69)53-39-58(82(7,8)9)47-59(40-53)83(10,11)12)51-33-35-71(93-70-31-27-25-30-66(70)74-72(93)36-34-65-64-29-26-28-32-73(64)94-75(65)74)67(45-51)79-91-77(54-41-60(84(13,14)15)48-61(42-54)85(16,17)18)90-78(92-79)55-43-62(86(19,20)21)49-63(44-55)87(22,23)24/h25-50H,1-24H3. The lowest BCUT2D eigenvalue weighted by atomic mass is 9.79. The van der Waals surface area contributed by atoms with E-state index >= 15 is 0 Å². The van der Waals surface area contributed by atoms with Crippen molar-refractivity contribution in [1.82, 2.24) is 29.5 Å². The molecule has 4 aromatic heterocycles. The highest BCUT2D eigenvalue weighted by atomic mass is 32.1. The van der Waals surface area contributed by atoms with Crippen molar-refractivity contribution in [3.63, 3.8) is 0 Å². The zero-order valence-corrected chi connectivity index (χ0v) is 61.4. The fraction of sp³-hybridized carbons (Fsp3) is 0.368. The number of hydrogen-bond donors (Lipinski definition) is 0. The highest BCUT2D eigenvalue weighted by molar-refractivity contribution is 7.26. The van der Waals surface area contributed by atoms with Gasteiger partial charge in [0.05, 0.1) is 28.1 Å². The molecule has 0 fully saturated rings. The van der Waals surface area contributed by atoms with Crippen molar-refractivity contribution in [2.75, 3.05) is 0 Å². The normalized spacial score (nSPS) is 13.3. The maximum absolute atomic E-state index is 5.83. The van der Waals surface area contributed by atoms with Crippen LogP contribution in [0, 0.1) is 0 Å². The molecule has 0 unspecified atom stereocenters. The number of thiophene rings is 1. The smallest absolute Gasteiger partial charge is 0.166 e. The molecule has 6 nitrogen and oxygen atoms in total. The number of fused-ring (bicyclic) bond motifs is 7. The molecule has 0 saturated carbocycles. The Kier molecular flexibility index (Phi) is 16.0. The number of nitrogens with zero attached hydrogens (tertiary/aromatic N) is 6. The lowest BCUT2D eigenvalue weighted by molar-refractivity contribution is 0.568. The van der Waals surface area contributed by atoms with Crippen LogP contribution in [0.1, 0.15) is 211 Å². The zero-order valence-electron chi connectivity index (χ0n) is 60.6. The molecule has 4 heterocycles. The average molecular weight is 1260 g/mol. The van der Waals surface area contributed by atoms with Crippen molar-refractivity contribution in [2.24, 2.45) is 0 Å². The van der Waals surface area contributed by atoms with Crippen molar-refractivity contribution in [2.45, 2.75) is 209 Å². The molecule has 12 aromatic rings. The quantitative estimate of drug-likeness (QED) is 0.159. The van der Waals surface area contributed by atoms with Crippen molar-refractivity contribution < 1.29 is 0 Å². The van der Waals surface area contributed by atoms with Crippen LogP contribution in [0.2, 0.25) is 0 Å². The molecule has 8 aromatic carbocycles.